The zero-order chi connectivity index (χ0) is 29.2. The Morgan fingerprint density at radius 1 is 0.950 bits per heavy atom. The summed E-state index contributed by atoms with van der Waals surface area (Å²) in [5.41, 5.74) is -0.157. The molecule has 0 unspecified atom stereocenters. The monoisotopic (exact) mass is 580 g/mol. The van der Waals surface area contributed by atoms with Crippen molar-refractivity contribution < 1.29 is 51.3 Å². The lowest BCUT2D eigenvalue weighted by atomic mass is 9.69. The number of hydrogen-bond acceptors (Lipinski definition) is 11. The van der Waals surface area contributed by atoms with Gasteiger partial charge in [-0.1, -0.05) is 13.8 Å². The lowest BCUT2D eigenvalue weighted by Crippen LogP contribution is -2.52. The zero-order valence-corrected chi connectivity index (χ0v) is 23.7. The van der Waals surface area contributed by atoms with Gasteiger partial charge in [0, 0.05) is 12.0 Å². The molecule has 13 nitrogen and oxygen atoms in total. The molecule has 2 amide bonds. The number of nitrogens with zero attached hydrogens (tertiary/aromatic N) is 2. The number of hydrogen-bond donors (Lipinski definition) is 0. The lowest BCUT2D eigenvalue weighted by Gasteiger charge is -2.40. The topological polar surface area (TPSA) is 155 Å². The van der Waals surface area contributed by atoms with Crippen molar-refractivity contribution in [1.82, 2.24) is 9.21 Å². The van der Waals surface area contributed by atoms with E-state index >= 15 is 0 Å². The standard InChI is InChI=1S/C26H32N2O11S/c1-25(2)15-6-8-26(25)13-40(33,34)28(19(26)11-15)21(29)20-16-12-18(39-24(32)37-5)17(38-23(31)36-4)10-14(16)7-9-27(20)22(30)35-3/h10,12,15,19-20H,6-9,11,13H2,1-5H3/t15-,19-,20+,26-/m1/s1. The van der Waals surface area contributed by atoms with Crippen molar-refractivity contribution >= 4 is 34.3 Å². The molecule has 1 aromatic carbocycles. The van der Waals surface area contributed by atoms with Gasteiger partial charge in [-0.2, -0.15) is 0 Å². The first kappa shape index (κ1) is 28.0. The summed E-state index contributed by atoms with van der Waals surface area (Å²) in [6.45, 7) is 4.16. The average Bonchev–Trinajstić information content (AvgIpc) is 3.39. The first-order valence-electron chi connectivity index (χ1n) is 12.9. The van der Waals surface area contributed by atoms with Crippen LogP contribution in [-0.2, 0) is 35.4 Å². The predicted molar refractivity (Wildman–Crippen MR) is 136 cm³/mol. The molecule has 2 bridgehead atoms. The van der Waals surface area contributed by atoms with E-state index in [9.17, 15) is 27.6 Å². The van der Waals surface area contributed by atoms with Crippen molar-refractivity contribution in [2.24, 2.45) is 16.7 Å². The Bertz CT molecular complexity index is 1390. The quantitative estimate of drug-likeness (QED) is 0.294. The van der Waals surface area contributed by atoms with Gasteiger partial charge in [-0.15, -0.1) is 0 Å². The Morgan fingerprint density at radius 3 is 2.15 bits per heavy atom. The van der Waals surface area contributed by atoms with Crippen LogP contribution in [0.25, 0.3) is 0 Å². The van der Waals surface area contributed by atoms with Crippen molar-refractivity contribution in [3.05, 3.63) is 23.3 Å². The van der Waals surface area contributed by atoms with Crippen LogP contribution in [0.5, 0.6) is 11.5 Å². The minimum atomic E-state index is -4.01. The molecule has 0 N–H and O–H groups in total. The molecule has 14 heteroatoms. The van der Waals surface area contributed by atoms with Crippen molar-refractivity contribution in [2.45, 2.75) is 51.6 Å². The molecular formula is C26H32N2O11S. The summed E-state index contributed by atoms with van der Waals surface area (Å²) in [5.74, 6) is -1.13. The van der Waals surface area contributed by atoms with Crippen LogP contribution in [0.15, 0.2) is 12.1 Å². The molecule has 0 radical (unpaired) electrons. The van der Waals surface area contributed by atoms with E-state index in [1.54, 1.807) is 0 Å². The molecule has 40 heavy (non-hydrogen) atoms. The van der Waals surface area contributed by atoms with E-state index in [4.69, 9.17) is 14.2 Å². The summed E-state index contributed by atoms with van der Waals surface area (Å²) in [6, 6.07) is 0.720. The Morgan fingerprint density at radius 2 is 1.57 bits per heavy atom. The normalized spacial score (nSPS) is 28.8. The zero-order valence-electron chi connectivity index (χ0n) is 22.9. The molecule has 218 valence electrons. The minimum absolute atomic E-state index is 0.0166. The summed E-state index contributed by atoms with van der Waals surface area (Å²) in [6.07, 6.45) is -0.676. The molecule has 4 aliphatic rings. The van der Waals surface area contributed by atoms with Gasteiger partial charge < -0.3 is 23.7 Å². The van der Waals surface area contributed by atoms with Gasteiger partial charge in [0.15, 0.2) is 11.5 Å². The van der Waals surface area contributed by atoms with Crippen LogP contribution in [0.3, 0.4) is 0 Å². The highest BCUT2D eigenvalue weighted by atomic mass is 32.2. The summed E-state index contributed by atoms with van der Waals surface area (Å²) in [4.78, 5) is 52.3. The van der Waals surface area contributed by atoms with Crippen LogP contribution in [0.1, 0.15) is 50.3 Å². The maximum atomic E-state index is 14.4. The van der Waals surface area contributed by atoms with Crippen molar-refractivity contribution in [1.29, 1.82) is 0 Å². The molecule has 1 spiro atoms. The molecule has 1 aromatic rings. The van der Waals surface area contributed by atoms with Crippen LogP contribution < -0.4 is 9.47 Å². The number of carbonyl (C=O) groups is 4. The van der Waals surface area contributed by atoms with Crippen LogP contribution >= 0.6 is 0 Å². The van der Waals surface area contributed by atoms with Gasteiger partial charge in [-0.05, 0) is 60.3 Å². The molecule has 5 rings (SSSR count). The number of ether oxygens (including phenoxy) is 5. The summed E-state index contributed by atoms with van der Waals surface area (Å²) >= 11 is 0. The van der Waals surface area contributed by atoms with E-state index in [1.165, 1.54) is 19.2 Å². The van der Waals surface area contributed by atoms with Crippen LogP contribution in [0.2, 0.25) is 0 Å². The predicted octanol–water partition coefficient (Wildman–Crippen LogP) is 3.01. The van der Waals surface area contributed by atoms with Gasteiger partial charge >= 0.3 is 18.4 Å². The number of benzene rings is 1. The van der Waals surface area contributed by atoms with Crippen LogP contribution in [0.4, 0.5) is 14.4 Å². The lowest BCUT2D eigenvalue weighted by molar-refractivity contribution is -0.134. The second kappa shape index (κ2) is 9.53. The van der Waals surface area contributed by atoms with Gasteiger partial charge in [-0.3, -0.25) is 9.69 Å². The largest absolute Gasteiger partial charge is 0.513 e. The Kier molecular flexibility index (Phi) is 6.67. The number of carbonyl (C=O) groups excluding carboxylic acids is 4. The fourth-order valence-corrected chi connectivity index (χ4v) is 9.88. The highest BCUT2D eigenvalue weighted by molar-refractivity contribution is 7.90. The van der Waals surface area contributed by atoms with Gasteiger partial charge in [0.05, 0.1) is 33.1 Å². The Hall–Kier alpha value is -3.55. The van der Waals surface area contributed by atoms with E-state index in [2.05, 4.69) is 23.3 Å². The van der Waals surface area contributed by atoms with Crippen LogP contribution in [-0.4, -0.2) is 81.6 Å². The molecule has 3 fully saturated rings. The number of amides is 2. The van der Waals surface area contributed by atoms with Gasteiger partial charge in [0.2, 0.25) is 10.0 Å². The number of sulfonamides is 1. The molecule has 2 heterocycles. The average molecular weight is 581 g/mol. The van der Waals surface area contributed by atoms with Crippen molar-refractivity contribution in [2.75, 3.05) is 33.6 Å². The van der Waals surface area contributed by atoms with E-state index in [1.807, 2.05) is 0 Å². The van der Waals surface area contributed by atoms with E-state index in [-0.39, 0.29) is 47.1 Å². The molecule has 2 aliphatic carbocycles. The maximum absolute atomic E-state index is 14.4. The van der Waals surface area contributed by atoms with E-state index < -0.39 is 51.8 Å². The first-order chi connectivity index (χ1) is 18.8. The highest BCUT2D eigenvalue weighted by Crippen LogP contribution is 2.70. The second-order valence-electron chi connectivity index (χ2n) is 11.2. The van der Waals surface area contributed by atoms with Crippen LogP contribution in [0, 0.1) is 16.7 Å². The summed E-state index contributed by atoms with van der Waals surface area (Å²) in [7, 11) is -0.667. The summed E-state index contributed by atoms with van der Waals surface area (Å²) < 4.78 is 52.7. The van der Waals surface area contributed by atoms with Gasteiger partial charge in [-0.25, -0.2) is 27.1 Å². The number of fused-ring (bicyclic) bond motifs is 2. The first-order valence-corrected chi connectivity index (χ1v) is 14.5. The second-order valence-corrected chi connectivity index (χ2v) is 13.0. The van der Waals surface area contributed by atoms with Gasteiger partial charge in [0.1, 0.15) is 6.04 Å². The number of rotatable bonds is 3. The third kappa shape index (κ3) is 3.98. The fourth-order valence-electron chi connectivity index (χ4n) is 7.33. The Balaban J connectivity index is 1.63. The smallest absolute Gasteiger partial charge is 0.453 e. The molecular weight excluding hydrogens is 548 g/mol. The third-order valence-electron chi connectivity index (χ3n) is 9.43. The number of methoxy groups -OCH3 is 3. The highest BCUT2D eigenvalue weighted by Gasteiger charge is 2.72. The van der Waals surface area contributed by atoms with Crippen molar-refractivity contribution in [3.63, 3.8) is 0 Å². The molecule has 0 aromatic heterocycles. The van der Waals surface area contributed by atoms with E-state index in [0.717, 1.165) is 29.8 Å². The van der Waals surface area contributed by atoms with Gasteiger partial charge in [0.25, 0.3) is 5.91 Å². The Labute approximate surface area is 231 Å². The third-order valence-corrected chi connectivity index (χ3v) is 11.3. The van der Waals surface area contributed by atoms with Crippen molar-refractivity contribution in [3.8, 4) is 11.5 Å². The molecule has 4 atom stereocenters. The minimum Gasteiger partial charge on any atom is -0.453 e. The fraction of sp³-hybridized carbons (Fsp3) is 0.615. The molecule has 2 aliphatic heterocycles. The molecule has 2 saturated carbocycles. The SMILES string of the molecule is COC(=O)Oc1cc2c(cc1OC(=O)OC)[C@@H](C(=O)N1[C@@H]3C[C@H]4CC[C@]3(CS1(=O)=O)C4(C)C)N(C(=O)OC)CC2. The van der Waals surface area contributed by atoms with E-state index in [0.29, 0.717) is 18.4 Å². The molecule has 1 saturated heterocycles. The maximum Gasteiger partial charge on any atom is 0.513 e. The summed E-state index contributed by atoms with van der Waals surface area (Å²) in [5, 5.41) is 0.